The lowest BCUT2D eigenvalue weighted by atomic mass is 10.2. The Morgan fingerprint density at radius 1 is 1.42 bits per heavy atom. The Bertz CT molecular complexity index is 559. The molecule has 0 fully saturated rings. The topological polar surface area (TPSA) is 66.9 Å². The van der Waals surface area contributed by atoms with Gasteiger partial charge in [0, 0.05) is 24.3 Å². The number of pyridine rings is 1. The van der Waals surface area contributed by atoms with Crippen molar-refractivity contribution in [3.05, 3.63) is 40.2 Å². The summed E-state index contributed by atoms with van der Waals surface area (Å²) in [4.78, 5) is 19.8. The number of hydrogen-bond acceptors (Lipinski definition) is 5. The van der Waals surface area contributed by atoms with Crippen LogP contribution in [0.1, 0.15) is 22.3 Å². The van der Waals surface area contributed by atoms with Crippen LogP contribution in [0, 0.1) is 5.82 Å². The zero-order chi connectivity index (χ0) is 13.7. The first-order chi connectivity index (χ1) is 9.22. The van der Waals surface area contributed by atoms with Crippen LogP contribution in [0.5, 0.6) is 0 Å². The van der Waals surface area contributed by atoms with Crippen LogP contribution in [0.25, 0.3) is 0 Å². The van der Waals surface area contributed by atoms with Gasteiger partial charge in [-0.3, -0.25) is 4.79 Å². The third kappa shape index (κ3) is 3.25. The quantitative estimate of drug-likeness (QED) is 0.879. The summed E-state index contributed by atoms with van der Waals surface area (Å²) in [6, 6.07) is 1.35. The molecule has 0 unspecified atom stereocenters. The standard InChI is InChI=1S/C12H13FN4OS/c1-2-14-11-10(13)8(3-4-16-11)12(18)17-7-9-15-5-6-19-9/h3-6H,2,7H2,1H3,(H,14,16)(H,17,18). The molecular formula is C12H13FN4OS. The fourth-order valence-corrected chi connectivity index (χ4v) is 2.06. The van der Waals surface area contributed by atoms with E-state index < -0.39 is 11.7 Å². The Hall–Kier alpha value is -2.02. The summed E-state index contributed by atoms with van der Waals surface area (Å²) in [5.74, 6) is -1.03. The second-order valence-corrected chi connectivity index (χ2v) is 4.64. The van der Waals surface area contributed by atoms with Crippen LogP contribution in [-0.4, -0.2) is 22.4 Å². The van der Waals surface area contributed by atoms with Crippen molar-refractivity contribution >= 4 is 23.1 Å². The van der Waals surface area contributed by atoms with Crippen molar-refractivity contribution in [1.82, 2.24) is 15.3 Å². The van der Waals surface area contributed by atoms with E-state index in [1.165, 1.54) is 23.6 Å². The van der Waals surface area contributed by atoms with Crippen molar-refractivity contribution < 1.29 is 9.18 Å². The molecule has 0 aliphatic heterocycles. The number of amides is 1. The minimum atomic E-state index is -0.638. The summed E-state index contributed by atoms with van der Waals surface area (Å²) in [7, 11) is 0. The van der Waals surface area contributed by atoms with Gasteiger partial charge in [-0.2, -0.15) is 0 Å². The lowest BCUT2D eigenvalue weighted by molar-refractivity contribution is 0.0947. The van der Waals surface area contributed by atoms with E-state index in [9.17, 15) is 9.18 Å². The number of carbonyl (C=O) groups excluding carboxylic acids is 1. The molecule has 0 atom stereocenters. The van der Waals surface area contributed by atoms with E-state index in [-0.39, 0.29) is 17.9 Å². The molecule has 0 aliphatic carbocycles. The van der Waals surface area contributed by atoms with Crippen molar-refractivity contribution in [3.63, 3.8) is 0 Å². The highest BCUT2D eigenvalue weighted by molar-refractivity contribution is 7.09. The van der Waals surface area contributed by atoms with Crippen LogP contribution in [0.3, 0.4) is 0 Å². The Morgan fingerprint density at radius 2 is 2.26 bits per heavy atom. The molecule has 2 N–H and O–H groups in total. The van der Waals surface area contributed by atoms with Gasteiger partial charge < -0.3 is 10.6 Å². The number of anilines is 1. The number of hydrogen-bond donors (Lipinski definition) is 2. The maximum absolute atomic E-state index is 14.0. The Kier molecular flexibility index (Phi) is 4.40. The summed E-state index contributed by atoms with van der Waals surface area (Å²) in [5.41, 5.74) is -0.0255. The van der Waals surface area contributed by atoms with Gasteiger partial charge in [-0.25, -0.2) is 14.4 Å². The molecule has 0 aliphatic rings. The maximum atomic E-state index is 14.0. The van der Waals surface area contributed by atoms with E-state index in [4.69, 9.17) is 0 Å². The average molecular weight is 280 g/mol. The SMILES string of the molecule is CCNc1nccc(C(=O)NCc2nccs2)c1F. The van der Waals surface area contributed by atoms with Gasteiger partial charge in [-0.1, -0.05) is 0 Å². The summed E-state index contributed by atoms with van der Waals surface area (Å²) in [6.45, 7) is 2.65. The molecule has 2 rings (SSSR count). The van der Waals surface area contributed by atoms with Crippen molar-refractivity contribution in [2.24, 2.45) is 0 Å². The Labute approximate surface area is 113 Å². The minimum Gasteiger partial charge on any atom is -0.368 e. The molecule has 0 radical (unpaired) electrons. The van der Waals surface area contributed by atoms with E-state index >= 15 is 0 Å². The lowest BCUT2D eigenvalue weighted by Gasteiger charge is -2.08. The zero-order valence-electron chi connectivity index (χ0n) is 10.3. The van der Waals surface area contributed by atoms with Gasteiger partial charge in [0.2, 0.25) is 0 Å². The molecule has 0 saturated carbocycles. The summed E-state index contributed by atoms with van der Waals surface area (Å²) in [6.07, 6.45) is 3.06. The second-order valence-electron chi connectivity index (χ2n) is 3.66. The first-order valence-corrected chi connectivity index (χ1v) is 6.65. The van der Waals surface area contributed by atoms with Crippen molar-refractivity contribution in [2.45, 2.75) is 13.5 Å². The fourth-order valence-electron chi connectivity index (χ4n) is 1.50. The lowest BCUT2D eigenvalue weighted by Crippen LogP contribution is -2.24. The summed E-state index contributed by atoms with van der Waals surface area (Å²) in [5, 5.41) is 7.98. The summed E-state index contributed by atoms with van der Waals surface area (Å²) >= 11 is 1.43. The molecular weight excluding hydrogens is 267 g/mol. The maximum Gasteiger partial charge on any atom is 0.254 e. The van der Waals surface area contributed by atoms with Gasteiger partial charge >= 0.3 is 0 Å². The van der Waals surface area contributed by atoms with E-state index in [1.807, 2.05) is 12.3 Å². The second kappa shape index (κ2) is 6.24. The number of halogens is 1. The Morgan fingerprint density at radius 3 is 2.95 bits per heavy atom. The van der Waals surface area contributed by atoms with Gasteiger partial charge in [0.25, 0.3) is 5.91 Å². The molecule has 1 amide bonds. The highest BCUT2D eigenvalue weighted by atomic mass is 32.1. The van der Waals surface area contributed by atoms with Crippen molar-refractivity contribution in [2.75, 3.05) is 11.9 Å². The first kappa shape index (κ1) is 13.4. The van der Waals surface area contributed by atoms with Crippen molar-refractivity contribution in [1.29, 1.82) is 0 Å². The number of carbonyl (C=O) groups is 1. The molecule has 19 heavy (non-hydrogen) atoms. The van der Waals surface area contributed by atoms with Gasteiger partial charge in [-0.05, 0) is 13.0 Å². The molecule has 0 saturated heterocycles. The predicted octanol–water partition coefficient (Wildman–Crippen LogP) is 2.04. The van der Waals surface area contributed by atoms with E-state index in [0.717, 1.165) is 5.01 Å². The largest absolute Gasteiger partial charge is 0.368 e. The van der Waals surface area contributed by atoms with Crippen LogP contribution < -0.4 is 10.6 Å². The third-order valence-corrected chi connectivity index (χ3v) is 3.14. The molecule has 100 valence electrons. The van der Waals surface area contributed by atoms with E-state index in [0.29, 0.717) is 6.54 Å². The molecule has 2 heterocycles. The van der Waals surface area contributed by atoms with E-state index in [2.05, 4.69) is 20.6 Å². The monoisotopic (exact) mass is 280 g/mol. The van der Waals surface area contributed by atoms with Gasteiger partial charge in [0.1, 0.15) is 5.01 Å². The van der Waals surface area contributed by atoms with Crippen LogP contribution in [0.2, 0.25) is 0 Å². The predicted molar refractivity (Wildman–Crippen MR) is 71.6 cm³/mol. The smallest absolute Gasteiger partial charge is 0.254 e. The molecule has 0 spiro atoms. The van der Waals surface area contributed by atoms with Crippen LogP contribution >= 0.6 is 11.3 Å². The van der Waals surface area contributed by atoms with Crippen LogP contribution in [0.4, 0.5) is 10.2 Å². The molecule has 0 aromatic carbocycles. The fraction of sp³-hybridized carbons (Fsp3) is 0.250. The number of thiazole rings is 1. The van der Waals surface area contributed by atoms with Crippen LogP contribution in [0.15, 0.2) is 23.8 Å². The van der Waals surface area contributed by atoms with Gasteiger partial charge in [0.15, 0.2) is 11.6 Å². The van der Waals surface area contributed by atoms with Crippen LogP contribution in [-0.2, 0) is 6.54 Å². The number of nitrogens with zero attached hydrogens (tertiary/aromatic N) is 2. The highest BCUT2D eigenvalue weighted by Crippen LogP contribution is 2.15. The summed E-state index contributed by atoms with van der Waals surface area (Å²) < 4.78 is 14.0. The molecule has 2 aromatic heterocycles. The highest BCUT2D eigenvalue weighted by Gasteiger charge is 2.15. The molecule has 2 aromatic rings. The number of rotatable bonds is 5. The van der Waals surface area contributed by atoms with Gasteiger partial charge in [-0.15, -0.1) is 11.3 Å². The Balaban J connectivity index is 2.08. The normalized spacial score (nSPS) is 10.2. The molecule has 0 bridgehead atoms. The molecule has 5 nitrogen and oxygen atoms in total. The zero-order valence-corrected chi connectivity index (χ0v) is 11.1. The number of aromatic nitrogens is 2. The first-order valence-electron chi connectivity index (χ1n) is 5.77. The van der Waals surface area contributed by atoms with Gasteiger partial charge in [0.05, 0.1) is 12.1 Å². The number of nitrogens with one attached hydrogen (secondary N) is 2. The minimum absolute atomic E-state index is 0.0255. The molecule has 7 heteroatoms. The van der Waals surface area contributed by atoms with E-state index in [1.54, 1.807) is 6.20 Å². The average Bonchev–Trinajstić information content (AvgIpc) is 2.92. The van der Waals surface area contributed by atoms with Crippen molar-refractivity contribution in [3.8, 4) is 0 Å². The third-order valence-electron chi connectivity index (χ3n) is 2.36.